The quantitative estimate of drug-likeness (QED) is 0.806. The maximum absolute atomic E-state index is 8.53. The van der Waals surface area contributed by atoms with E-state index in [4.69, 9.17) is 5.26 Å². The van der Waals surface area contributed by atoms with Crippen molar-refractivity contribution in [3.8, 4) is 6.07 Å². The van der Waals surface area contributed by atoms with Crippen LogP contribution in [0.5, 0.6) is 0 Å². The Morgan fingerprint density at radius 1 is 1.11 bits per heavy atom. The number of benzene rings is 1. The van der Waals surface area contributed by atoms with Gasteiger partial charge in [-0.2, -0.15) is 5.26 Å². The molecule has 0 amide bonds. The predicted octanol–water partition coefficient (Wildman–Crippen LogP) is 3.39. The maximum Gasteiger partial charge on any atom is 0.0635 e. The number of nitrogens with one attached hydrogen (secondary N) is 1. The molecule has 1 N–H and O–H groups in total. The van der Waals surface area contributed by atoms with Crippen LogP contribution >= 0.6 is 0 Å². The summed E-state index contributed by atoms with van der Waals surface area (Å²) in [5, 5.41) is 11.9. The summed E-state index contributed by atoms with van der Waals surface area (Å²) in [6.45, 7) is 12.7. The van der Waals surface area contributed by atoms with Crippen LogP contribution in [-0.4, -0.2) is 13.1 Å². The van der Waals surface area contributed by atoms with Crippen molar-refractivity contribution in [2.45, 2.75) is 46.5 Å². The first-order valence-electron chi connectivity index (χ1n) is 6.54. The van der Waals surface area contributed by atoms with E-state index in [-0.39, 0.29) is 5.41 Å². The van der Waals surface area contributed by atoms with E-state index in [2.05, 4.69) is 58.1 Å². The van der Waals surface area contributed by atoms with Crippen LogP contribution in [0.1, 0.15) is 42.5 Å². The van der Waals surface area contributed by atoms with Gasteiger partial charge < -0.3 is 5.32 Å². The fourth-order valence-corrected chi connectivity index (χ4v) is 2.33. The Kier molecular flexibility index (Phi) is 4.93. The Morgan fingerprint density at radius 2 is 1.72 bits per heavy atom. The number of nitrogens with zero attached hydrogens (tertiary/aromatic N) is 1. The number of hydrogen-bond acceptors (Lipinski definition) is 2. The Hall–Kier alpha value is -1.33. The molecule has 0 bridgehead atoms. The first kappa shape index (κ1) is 14.7. The molecule has 2 nitrogen and oxygen atoms in total. The molecule has 98 valence electrons. The highest BCUT2D eigenvalue weighted by molar-refractivity contribution is 5.40. The lowest BCUT2D eigenvalue weighted by Crippen LogP contribution is -2.34. The SMILES string of the molecule is Cc1cc(C)c(C(C)(C)CNCCC#N)cc1C. The summed E-state index contributed by atoms with van der Waals surface area (Å²) in [5.74, 6) is 0. The summed E-state index contributed by atoms with van der Waals surface area (Å²) >= 11 is 0. The molecule has 0 aromatic heterocycles. The van der Waals surface area contributed by atoms with Gasteiger partial charge in [0.05, 0.1) is 6.07 Å². The molecular formula is C16H24N2. The Morgan fingerprint density at radius 3 is 2.33 bits per heavy atom. The number of hydrogen-bond donors (Lipinski definition) is 1. The Labute approximate surface area is 111 Å². The standard InChI is InChI=1S/C16H24N2/c1-12-9-14(3)15(10-13(12)2)16(4,5)11-18-8-6-7-17/h9-10,18H,6,8,11H2,1-5H3. The average Bonchev–Trinajstić information content (AvgIpc) is 2.29. The van der Waals surface area contributed by atoms with E-state index in [1.807, 2.05) is 0 Å². The van der Waals surface area contributed by atoms with Gasteiger partial charge in [0.15, 0.2) is 0 Å². The highest BCUT2D eigenvalue weighted by Crippen LogP contribution is 2.28. The molecule has 0 saturated heterocycles. The summed E-state index contributed by atoms with van der Waals surface area (Å²) in [5.41, 5.74) is 5.54. The summed E-state index contributed by atoms with van der Waals surface area (Å²) in [6.07, 6.45) is 0.571. The zero-order valence-corrected chi connectivity index (χ0v) is 12.2. The van der Waals surface area contributed by atoms with Gasteiger partial charge in [0.1, 0.15) is 0 Å². The van der Waals surface area contributed by atoms with Crippen LogP contribution in [-0.2, 0) is 5.41 Å². The Balaban J connectivity index is 2.84. The van der Waals surface area contributed by atoms with E-state index < -0.39 is 0 Å². The normalized spacial score (nSPS) is 11.3. The zero-order valence-electron chi connectivity index (χ0n) is 12.2. The average molecular weight is 244 g/mol. The van der Waals surface area contributed by atoms with Gasteiger partial charge in [0, 0.05) is 24.9 Å². The van der Waals surface area contributed by atoms with E-state index in [1.54, 1.807) is 0 Å². The molecule has 0 aliphatic heterocycles. The summed E-state index contributed by atoms with van der Waals surface area (Å²) < 4.78 is 0. The zero-order chi connectivity index (χ0) is 13.8. The first-order valence-corrected chi connectivity index (χ1v) is 6.54. The minimum atomic E-state index is 0.0952. The second-order valence-electron chi connectivity index (χ2n) is 5.72. The van der Waals surface area contributed by atoms with Crippen LogP contribution in [0.25, 0.3) is 0 Å². The fraction of sp³-hybridized carbons (Fsp3) is 0.562. The highest BCUT2D eigenvalue weighted by Gasteiger charge is 2.22. The van der Waals surface area contributed by atoms with Crippen LogP contribution in [0, 0.1) is 32.1 Å². The molecule has 0 radical (unpaired) electrons. The van der Waals surface area contributed by atoms with Crippen LogP contribution in [0.2, 0.25) is 0 Å². The lowest BCUT2D eigenvalue weighted by Gasteiger charge is -2.28. The molecule has 0 fully saturated rings. The van der Waals surface area contributed by atoms with Gasteiger partial charge in [-0.15, -0.1) is 0 Å². The van der Waals surface area contributed by atoms with Gasteiger partial charge in [-0.3, -0.25) is 0 Å². The predicted molar refractivity (Wildman–Crippen MR) is 76.8 cm³/mol. The number of rotatable bonds is 5. The minimum absolute atomic E-state index is 0.0952. The van der Waals surface area contributed by atoms with Crippen molar-refractivity contribution in [1.29, 1.82) is 5.26 Å². The molecule has 0 unspecified atom stereocenters. The summed E-state index contributed by atoms with van der Waals surface area (Å²) in [6, 6.07) is 6.73. The monoisotopic (exact) mass is 244 g/mol. The van der Waals surface area contributed by atoms with Crippen molar-refractivity contribution < 1.29 is 0 Å². The highest BCUT2D eigenvalue weighted by atomic mass is 14.9. The molecule has 0 atom stereocenters. The smallest absolute Gasteiger partial charge is 0.0635 e. The molecule has 1 rings (SSSR count). The summed E-state index contributed by atoms with van der Waals surface area (Å²) in [4.78, 5) is 0. The van der Waals surface area contributed by atoms with Crippen molar-refractivity contribution in [2.75, 3.05) is 13.1 Å². The third kappa shape index (κ3) is 3.58. The largest absolute Gasteiger partial charge is 0.315 e. The fourth-order valence-electron chi connectivity index (χ4n) is 2.33. The number of nitriles is 1. The van der Waals surface area contributed by atoms with E-state index in [1.165, 1.54) is 22.3 Å². The van der Waals surface area contributed by atoms with Gasteiger partial charge >= 0.3 is 0 Å². The minimum Gasteiger partial charge on any atom is -0.315 e. The summed E-state index contributed by atoms with van der Waals surface area (Å²) in [7, 11) is 0. The topological polar surface area (TPSA) is 35.8 Å². The molecule has 1 aromatic rings. The molecule has 0 heterocycles. The van der Waals surface area contributed by atoms with Crippen molar-refractivity contribution in [3.63, 3.8) is 0 Å². The van der Waals surface area contributed by atoms with Crippen molar-refractivity contribution in [3.05, 3.63) is 34.4 Å². The van der Waals surface area contributed by atoms with Crippen molar-refractivity contribution >= 4 is 0 Å². The van der Waals surface area contributed by atoms with Gasteiger partial charge in [-0.05, 0) is 43.0 Å². The van der Waals surface area contributed by atoms with Crippen LogP contribution in [0.4, 0.5) is 0 Å². The lowest BCUT2D eigenvalue weighted by molar-refractivity contribution is 0.470. The molecular weight excluding hydrogens is 220 g/mol. The third-order valence-electron chi connectivity index (χ3n) is 3.55. The molecule has 0 spiro atoms. The van der Waals surface area contributed by atoms with Gasteiger partial charge in [0.2, 0.25) is 0 Å². The Bertz CT molecular complexity index is 453. The maximum atomic E-state index is 8.53. The van der Waals surface area contributed by atoms with Gasteiger partial charge in [-0.25, -0.2) is 0 Å². The van der Waals surface area contributed by atoms with Crippen LogP contribution in [0.15, 0.2) is 12.1 Å². The third-order valence-corrected chi connectivity index (χ3v) is 3.55. The molecule has 2 heteroatoms. The lowest BCUT2D eigenvalue weighted by atomic mass is 9.80. The molecule has 0 saturated carbocycles. The first-order chi connectivity index (χ1) is 8.38. The van der Waals surface area contributed by atoms with Gasteiger partial charge in [0.25, 0.3) is 0 Å². The molecule has 0 aliphatic rings. The van der Waals surface area contributed by atoms with Gasteiger partial charge in [-0.1, -0.05) is 26.0 Å². The second kappa shape index (κ2) is 6.02. The van der Waals surface area contributed by atoms with Crippen LogP contribution < -0.4 is 5.32 Å². The molecule has 18 heavy (non-hydrogen) atoms. The van der Waals surface area contributed by atoms with E-state index in [0.29, 0.717) is 6.42 Å². The van der Waals surface area contributed by atoms with Crippen LogP contribution in [0.3, 0.4) is 0 Å². The van der Waals surface area contributed by atoms with E-state index in [0.717, 1.165) is 13.1 Å². The van der Waals surface area contributed by atoms with Crippen molar-refractivity contribution in [1.82, 2.24) is 5.32 Å². The molecule has 1 aromatic carbocycles. The molecule has 0 aliphatic carbocycles. The van der Waals surface area contributed by atoms with E-state index >= 15 is 0 Å². The van der Waals surface area contributed by atoms with E-state index in [9.17, 15) is 0 Å². The number of aryl methyl sites for hydroxylation is 3. The van der Waals surface area contributed by atoms with Crippen molar-refractivity contribution in [2.24, 2.45) is 0 Å². The second-order valence-corrected chi connectivity index (χ2v) is 5.72.